The fourth-order valence-corrected chi connectivity index (χ4v) is 2.98. The summed E-state index contributed by atoms with van der Waals surface area (Å²) in [4.78, 5) is 2.35. The zero-order chi connectivity index (χ0) is 11.4. The molecule has 1 aliphatic carbocycles. The molecule has 1 fully saturated rings. The first-order valence-electron chi connectivity index (χ1n) is 6.21. The van der Waals surface area contributed by atoms with E-state index in [2.05, 4.69) is 42.3 Å². The van der Waals surface area contributed by atoms with Gasteiger partial charge in [0.05, 0.1) is 5.38 Å². The summed E-state index contributed by atoms with van der Waals surface area (Å²) in [6, 6.07) is 11.1. The molecule has 2 atom stereocenters. The molecular weight excluding hydrogens is 218 g/mol. The first-order valence-corrected chi connectivity index (χ1v) is 6.64. The van der Waals surface area contributed by atoms with E-state index < -0.39 is 0 Å². The number of hydrogen-bond acceptors (Lipinski definition) is 1. The van der Waals surface area contributed by atoms with E-state index in [1.54, 1.807) is 0 Å². The van der Waals surface area contributed by atoms with Crippen molar-refractivity contribution >= 4 is 17.3 Å². The third-order valence-corrected chi connectivity index (χ3v) is 4.07. The summed E-state index contributed by atoms with van der Waals surface area (Å²) in [7, 11) is 2.17. The van der Waals surface area contributed by atoms with Crippen LogP contribution in [0.3, 0.4) is 0 Å². The number of halogens is 1. The number of benzene rings is 1. The van der Waals surface area contributed by atoms with E-state index >= 15 is 0 Å². The lowest BCUT2D eigenvalue weighted by Gasteiger charge is -2.32. The van der Waals surface area contributed by atoms with Crippen molar-refractivity contribution < 1.29 is 0 Å². The van der Waals surface area contributed by atoms with Crippen LogP contribution in [-0.4, -0.2) is 18.5 Å². The quantitative estimate of drug-likeness (QED) is 0.554. The largest absolute Gasteiger partial charge is 0.370 e. The lowest BCUT2D eigenvalue weighted by molar-refractivity contribution is 0.560. The average molecular weight is 238 g/mol. The van der Waals surface area contributed by atoms with Gasteiger partial charge in [-0.2, -0.15) is 0 Å². The van der Waals surface area contributed by atoms with E-state index in [0.717, 1.165) is 6.42 Å². The van der Waals surface area contributed by atoms with E-state index in [0.29, 0.717) is 11.4 Å². The minimum Gasteiger partial charge on any atom is -0.370 e. The standard InChI is InChI=1S/C14H20ClN/c1-16(12-8-4-2-5-9-12)14-11-7-3-6-10-13(14)15/h2,4-5,8-9,13-14H,3,6-7,10-11H2,1H3/t13-,14-/m1/s1. The Morgan fingerprint density at radius 1 is 1.06 bits per heavy atom. The van der Waals surface area contributed by atoms with Crippen molar-refractivity contribution in [2.45, 2.75) is 43.5 Å². The van der Waals surface area contributed by atoms with Crippen molar-refractivity contribution in [2.24, 2.45) is 0 Å². The molecule has 16 heavy (non-hydrogen) atoms. The zero-order valence-electron chi connectivity index (χ0n) is 9.90. The Labute approximate surface area is 103 Å². The van der Waals surface area contributed by atoms with Crippen LogP contribution < -0.4 is 4.90 Å². The highest BCUT2D eigenvalue weighted by molar-refractivity contribution is 6.21. The summed E-state index contributed by atoms with van der Waals surface area (Å²) in [6.07, 6.45) is 6.31. The lowest BCUT2D eigenvalue weighted by atomic mass is 10.1. The number of rotatable bonds is 2. The van der Waals surface area contributed by atoms with Gasteiger partial charge >= 0.3 is 0 Å². The second-order valence-electron chi connectivity index (χ2n) is 4.67. The maximum absolute atomic E-state index is 6.49. The van der Waals surface area contributed by atoms with Crippen molar-refractivity contribution in [3.05, 3.63) is 30.3 Å². The molecule has 1 aromatic rings. The Morgan fingerprint density at radius 3 is 2.50 bits per heavy atom. The van der Waals surface area contributed by atoms with Crippen molar-refractivity contribution in [3.63, 3.8) is 0 Å². The van der Waals surface area contributed by atoms with Gasteiger partial charge in [0, 0.05) is 18.8 Å². The first kappa shape index (κ1) is 11.8. The van der Waals surface area contributed by atoms with Gasteiger partial charge in [0.25, 0.3) is 0 Å². The SMILES string of the molecule is CN(c1ccccc1)[C@@H]1CCCCC[C@H]1Cl. The number of anilines is 1. The van der Waals surface area contributed by atoms with E-state index in [1.807, 2.05) is 0 Å². The predicted molar refractivity (Wildman–Crippen MR) is 71.4 cm³/mol. The molecule has 1 aliphatic rings. The second-order valence-corrected chi connectivity index (χ2v) is 5.23. The normalized spacial score (nSPS) is 26.1. The predicted octanol–water partition coefficient (Wildman–Crippen LogP) is 4.06. The molecule has 0 aromatic heterocycles. The molecule has 0 unspecified atom stereocenters. The summed E-state index contributed by atoms with van der Waals surface area (Å²) >= 11 is 6.49. The molecule has 0 amide bonds. The molecular formula is C14H20ClN. The molecule has 0 heterocycles. The third kappa shape index (κ3) is 2.70. The second kappa shape index (κ2) is 5.58. The highest BCUT2D eigenvalue weighted by atomic mass is 35.5. The Kier molecular flexibility index (Phi) is 4.11. The van der Waals surface area contributed by atoms with Crippen LogP contribution in [0.15, 0.2) is 30.3 Å². The molecule has 88 valence electrons. The van der Waals surface area contributed by atoms with Crippen molar-refractivity contribution in [3.8, 4) is 0 Å². The molecule has 0 saturated heterocycles. The maximum Gasteiger partial charge on any atom is 0.0539 e. The summed E-state index contributed by atoms with van der Waals surface area (Å²) in [5.41, 5.74) is 1.28. The monoisotopic (exact) mass is 237 g/mol. The molecule has 1 saturated carbocycles. The van der Waals surface area contributed by atoms with Gasteiger partial charge in [-0.15, -0.1) is 11.6 Å². The number of hydrogen-bond donors (Lipinski definition) is 0. The van der Waals surface area contributed by atoms with Crippen LogP contribution >= 0.6 is 11.6 Å². The highest BCUT2D eigenvalue weighted by Crippen LogP contribution is 2.28. The van der Waals surface area contributed by atoms with Crippen LogP contribution in [0.2, 0.25) is 0 Å². The Balaban J connectivity index is 2.10. The van der Waals surface area contributed by atoms with Crippen molar-refractivity contribution in [2.75, 3.05) is 11.9 Å². The molecule has 0 spiro atoms. The molecule has 2 heteroatoms. The van der Waals surface area contributed by atoms with E-state index in [1.165, 1.54) is 31.4 Å². The average Bonchev–Trinajstić information content (AvgIpc) is 2.54. The molecule has 0 radical (unpaired) electrons. The zero-order valence-corrected chi connectivity index (χ0v) is 10.7. The lowest BCUT2D eigenvalue weighted by Crippen LogP contribution is -2.38. The maximum atomic E-state index is 6.49. The van der Waals surface area contributed by atoms with Crippen molar-refractivity contribution in [1.82, 2.24) is 0 Å². The summed E-state index contributed by atoms with van der Waals surface area (Å²) in [5.74, 6) is 0. The minimum atomic E-state index is 0.299. The van der Waals surface area contributed by atoms with Gasteiger partial charge in [-0.3, -0.25) is 0 Å². The summed E-state index contributed by atoms with van der Waals surface area (Å²) in [5, 5.41) is 0.299. The van der Waals surface area contributed by atoms with E-state index in [9.17, 15) is 0 Å². The fourth-order valence-electron chi connectivity index (χ4n) is 2.53. The van der Waals surface area contributed by atoms with Crippen LogP contribution in [0, 0.1) is 0 Å². The summed E-state index contributed by atoms with van der Waals surface area (Å²) in [6.45, 7) is 0. The van der Waals surface area contributed by atoms with Gasteiger partial charge in [0.15, 0.2) is 0 Å². The topological polar surface area (TPSA) is 3.24 Å². The fraction of sp³-hybridized carbons (Fsp3) is 0.571. The molecule has 1 nitrogen and oxygen atoms in total. The number of para-hydroxylation sites is 1. The Bertz CT molecular complexity index is 312. The van der Waals surface area contributed by atoms with Crippen LogP contribution in [0.25, 0.3) is 0 Å². The van der Waals surface area contributed by atoms with Crippen LogP contribution in [0.5, 0.6) is 0 Å². The third-order valence-electron chi connectivity index (χ3n) is 3.56. The van der Waals surface area contributed by atoms with Crippen LogP contribution in [0.4, 0.5) is 5.69 Å². The van der Waals surface area contributed by atoms with Crippen LogP contribution in [0.1, 0.15) is 32.1 Å². The van der Waals surface area contributed by atoms with E-state index in [4.69, 9.17) is 11.6 Å². The molecule has 0 bridgehead atoms. The van der Waals surface area contributed by atoms with E-state index in [-0.39, 0.29) is 0 Å². The highest BCUT2D eigenvalue weighted by Gasteiger charge is 2.25. The molecule has 2 rings (SSSR count). The van der Waals surface area contributed by atoms with Gasteiger partial charge < -0.3 is 4.90 Å². The Hall–Kier alpha value is -0.690. The molecule has 0 aliphatic heterocycles. The molecule has 0 N–H and O–H groups in total. The van der Waals surface area contributed by atoms with Gasteiger partial charge in [0.1, 0.15) is 0 Å². The number of alkyl halides is 1. The van der Waals surface area contributed by atoms with Gasteiger partial charge in [0.2, 0.25) is 0 Å². The summed E-state index contributed by atoms with van der Waals surface area (Å²) < 4.78 is 0. The minimum absolute atomic E-state index is 0.299. The first-order chi connectivity index (χ1) is 7.79. The molecule has 1 aromatic carbocycles. The number of nitrogens with zero attached hydrogens (tertiary/aromatic N) is 1. The van der Waals surface area contributed by atoms with Crippen molar-refractivity contribution in [1.29, 1.82) is 0 Å². The smallest absolute Gasteiger partial charge is 0.0539 e. The van der Waals surface area contributed by atoms with Gasteiger partial charge in [-0.05, 0) is 25.0 Å². The van der Waals surface area contributed by atoms with Crippen LogP contribution in [-0.2, 0) is 0 Å². The van der Waals surface area contributed by atoms with Gasteiger partial charge in [-0.25, -0.2) is 0 Å². The Morgan fingerprint density at radius 2 is 1.75 bits per heavy atom. The van der Waals surface area contributed by atoms with Gasteiger partial charge in [-0.1, -0.05) is 37.5 Å².